The van der Waals surface area contributed by atoms with Gasteiger partial charge < -0.3 is 0 Å². The van der Waals surface area contributed by atoms with Gasteiger partial charge in [0.1, 0.15) is 0 Å². The zero-order chi connectivity index (χ0) is 10.9. The maximum Gasteiger partial charge on any atom is 0.440 e. The lowest BCUT2D eigenvalue weighted by molar-refractivity contribution is -0.388. The summed E-state index contributed by atoms with van der Waals surface area (Å²) in [5.74, 6) is 0. The lowest BCUT2D eigenvalue weighted by Gasteiger charge is -2.05. The van der Waals surface area contributed by atoms with Gasteiger partial charge in [0.2, 0.25) is 5.69 Å². The summed E-state index contributed by atoms with van der Waals surface area (Å²) in [5.41, 5.74) is -2.61. The van der Waals surface area contributed by atoms with Crippen molar-refractivity contribution in [1.29, 1.82) is 0 Å². The van der Waals surface area contributed by atoms with Gasteiger partial charge in [-0.2, -0.15) is 13.2 Å². The van der Waals surface area contributed by atoms with Gasteiger partial charge in [0, 0.05) is 17.2 Å². The molecule has 1 aromatic rings. The third kappa shape index (κ3) is 2.13. The van der Waals surface area contributed by atoms with Crippen LogP contribution in [0.3, 0.4) is 0 Å². The first-order valence-electron chi connectivity index (χ1n) is 3.23. The number of pyridine rings is 1. The number of nitrogens with zero attached hydrogens (tertiary/aromatic N) is 2. The zero-order valence-electron chi connectivity index (χ0n) is 6.45. The molecule has 0 saturated heterocycles. The van der Waals surface area contributed by atoms with Crippen molar-refractivity contribution in [1.82, 2.24) is 4.98 Å². The number of halogens is 3. The number of hydrogen-bond acceptors (Lipinski definition) is 4. The maximum atomic E-state index is 12.1. The second-order valence-corrected chi connectivity index (χ2v) is 2.83. The molecule has 76 valence electrons. The van der Waals surface area contributed by atoms with Crippen LogP contribution in [-0.2, 0) is 6.18 Å². The van der Waals surface area contributed by atoms with Crippen molar-refractivity contribution >= 4 is 18.3 Å². The lowest BCUT2D eigenvalue weighted by atomic mass is 10.3. The Labute approximate surface area is 81.3 Å². The Bertz CT molecular complexity index is 380. The summed E-state index contributed by atoms with van der Waals surface area (Å²) in [6.45, 7) is 0. The second kappa shape index (κ2) is 3.45. The predicted molar refractivity (Wildman–Crippen MR) is 43.1 cm³/mol. The molecule has 0 aromatic carbocycles. The molecule has 0 radical (unpaired) electrons. The highest BCUT2D eigenvalue weighted by Crippen LogP contribution is 2.34. The third-order valence-corrected chi connectivity index (χ3v) is 1.56. The van der Waals surface area contributed by atoms with Crippen LogP contribution >= 0.6 is 12.6 Å². The van der Waals surface area contributed by atoms with Gasteiger partial charge in [-0.3, -0.25) is 10.1 Å². The molecule has 0 aliphatic heterocycles. The Morgan fingerprint density at radius 3 is 2.50 bits per heavy atom. The highest BCUT2D eigenvalue weighted by Gasteiger charge is 2.40. The van der Waals surface area contributed by atoms with Crippen molar-refractivity contribution in [2.45, 2.75) is 11.1 Å². The van der Waals surface area contributed by atoms with Gasteiger partial charge >= 0.3 is 11.9 Å². The Hall–Kier alpha value is -1.31. The number of rotatable bonds is 1. The highest BCUT2D eigenvalue weighted by molar-refractivity contribution is 7.80. The van der Waals surface area contributed by atoms with Crippen LogP contribution in [0.15, 0.2) is 17.2 Å². The molecule has 0 aliphatic carbocycles. The Morgan fingerprint density at radius 2 is 2.07 bits per heavy atom. The van der Waals surface area contributed by atoms with E-state index in [1.54, 1.807) is 0 Å². The first kappa shape index (κ1) is 10.8. The Kier molecular flexibility index (Phi) is 2.65. The number of hydrogen-bond donors (Lipinski definition) is 1. The molecule has 0 aliphatic rings. The van der Waals surface area contributed by atoms with Crippen LogP contribution in [0, 0.1) is 10.1 Å². The van der Waals surface area contributed by atoms with E-state index in [-0.39, 0.29) is 4.90 Å². The number of alkyl halides is 3. The molecule has 1 rings (SSSR count). The van der Waals surface area contributed by atoms with Crippen molar-refractivity contribution in [3.63, 3.8) is 0 Å². The van der Waals surface area contributed by atoms with E-state index in [4.69, 9.17) is 0 Å². The molecule has 0 N–H and O–H groups in total. The van der Waals surface area contributed by atoms with Gasteiger partial charge in [-0.1, -0.05) is 0 Å². The molecule has 8 heteroatoms. The summed E-state index contributed by atoms with van der Waals surface area (Å²) in [7, 11) is 0. The fraction of sp³-hybridized carbons (Fsp3) is 0.167. The van der Waals surface area contributed by atoms with E-state index in [1.165, 1.54) is 0 Å². The average Bonchev–Trinajstić information content (AvgIpc) is 2.01. The lowest BCUT2D eigenvalue weighted by Crippen LogP contribution is -2.11. The molecule has 0 fully saturated rings. The molecule has 1 heterocycles. The van der Waals surface area contributed by atoms with E-state index in [0.717, 1.165) is 6.20 Å². The van der Waals surface area contributed by atoms with Gasteiger partial charge in [0.25, 0.3) is 0 Å². The van der Waals surface area contributed by atoms with Crippen molar-refractivity contribution in [3.05, 3.63) is 28.1 Å². The molecule has 0 bridgehead atoms. The molecule has 0 amide bonds. The van der Waals surface area contributed by atoms with E-state index >= 15 is 0 Å². The minimum atomic E-state index is -4.83. The highest BCUT2D eigenvalue weighted by atomic mass is 32.1. The average molecular weight is 224 g/mol. The first-order valence-corrected chi connectivity index (χ1v) is 3.67. The smallest absolute Gasteiger partial charge is 0.258 e. The molecule has 14 heavy (non-hydrogen) atoms. The van der Waals surface area contributed by atoms with Crippen LogP contribution in [0.4, 0.5) is 18.9 Å². The van der Waals surface area contributed by atoms with Crippen molar-refractivity contribution in [2.24, 2.45) is 0 Å². The normalized spacial score (nSPS) is 11.4. The Morgan fingerprint density at radius 1 is 1.50 bits per heavy atom. The molecular formula is C6H3F3N2O2S. The van der Waals surface area contributed by atoms with Crippen molar-refractivity contribution in [3.8, 4) is 0 Å². The second-order valence-electron chi connectivity index (χ2n) is 2.32. The number of nitro groups is 1. The maximum absolute atomic E-state index is 12.1. The summed E-state index contributed by atoms with van der Waals surface area (Å²) in [6, 6.07) is 0.707. The van der Waals surface area contributed by atoms with E-state index in [1.807, 2.05) is 0 Å². The third-order valence-electron chi connectivity index (χ3n) is 1.32. The van der Waals surface area contributed by atoms with Gasteiger partial charge in [0.05, 0.1) is 4.92 Å². The molecule has 0 unspecified atom stereocenters. The van der Waals surface area contributed by atoms with E-state index in [2.05, 4.69) is 17.6 Å². The van der Waals surface area contributed by atoms with Crippen LogP contribution in [0.5, 0.6) is 0 Å². The summed E-state index contributed by atoms with van der Waals surface area (Å²) in [4.78, 5) is 12.0. The van der Waals surface area contributed by atoms with Crippen LogP contribution in [0.25, 0.3) is 0 Å². The summed E-state index contributed by atoms with van der Waals surface area (Å²) < 4.78 is 36.4. The van der Waals surface area contributed by atoms with E-state index < -0.39 is 22.5 Å². The fourth-order valence-electron chi connectivity index (χ4n) is 0.800. The van der Waals surface area contributed by atoms with Gasteiger partial charge in [-0.15, -0.1) is 12.6 Å². The molecule has 0 saturated carbocycles. The SMILES string of the molecule is O=[N+]([O-])c1cc(S)cnc1C(F)(F)F. The van der Waals surface area contributed by atoms with Gasteiger partial charge in [-0.25, -0.2) is 4.98 Å². The van der Waals surface area contributed by atoms with Crippen LogP contribution < -0.4 is 0 Å². The predicted octanol–water partition coefficient (Wildman–Crippen LogP) is 2.30. The van der Waals surface area contributed by atoms with Crippen molar-refractivity contribution < 1.29 is 18.1 Å². The summed E-state index contributed by atoms with van der Waals surface area (Å²) in [6.07, 6.45) is -4.02. The fourth-order valence-corrected chi connectivity index (χ4v) is 0.980. The van der Waals surface area contributed by atoms with Crippen molar-refractivity contribution in [2.75, 3.05) is 0 Å². The van der Waals surface area contributed by atoms with Gasteiger partial charge in [0.15, 0.2) is 0 Å². The van der Waals surface area contributed by atoms with E-state index in [9.17, 15) is 23.3 Å². The number of aromatic nitrogens is 1. The molecule has 1 aromatic heterocycles. The zero-order valence-corrected chi connectivity index (χ0v) is 7.34. The monoisotopic (exact) mass is 224 g/mol. The Balaban J connectivity index is 3.37. The topological polar surface area (TPSA) is 56.0 Å². The minimum absolute atomic E-state index is 0.00435. The van der Waals surface area contributed by atoms with Crippen LogP contribution in [0.2, 0.25) is 0 Å². The summed E-state index contributed by atoms with van der Waals surface area (Å²) in [5, 5.41) is 10.3. The molecule has 0 atom stereocenters. The molecule has 4 nitrogen and oxygen atoms in total. The van der Waals surface area contributed by atoms with E-state index in [0.29, 0.717) is 6.07 Å². The molecular weight excluding hydrogens is 221 g/mol. The first-order chi connectivity index (χ1) is 6.32. The largest absolute Gasteiger partial charge is 0.440 e. The molecule has 0 spiro atoms. The van der Waals surface area contributed by atoms with Crippen LogP contribution in [-0.4, -0.2) is 9.91 Å². The summed E-state index contributed by atoms with van der Waals surface area (Å²) >= 11 is 3.66. The van der Waals surface area contributed by atoms with Gasteiger partial charge in [-0.05, 0) is 0 Å². The standard InChI is InChI=1S/C6H3F3N2O2S/c7-6(8,9)5-4(11(12)13)1-3(14)2-10-5/h1-2,14H. The van der Waals surface area contributed by atoms with Crippen LogP contribution in [0.1, 0.15) is 5.69 Å². The quantitative estimate of drug-likeness (QED) is 0.452. The minimum Gasteiger partial charge on any atom is -0.258 e. The number of thiol groups is 1.